The fraction of sp³-hybridized carbons (Fsp3) is 0.500. The molecule has 0 saturated heterocycles. The Labute approximate surface area is 86.9 Å². The normalized spacial score (nSPS) is 10.2. The molecule has 0 aliphatic carbocycles. The molecule has 0 amide bonds. The molecular weight excluding hydrogens is 204 g/mol. The first-order chi connectivity index (χ1) is 6.20. The fourth-order valence-corrected chi connectivity index (χ4v) is 1.75. The van der Waals surface area contributed by atoms with Crippen molar-refractivity contribution < 1.29 is 4.74 Å². The van der Waals surface area contributed by atoms with Gasteiger partial charge >= 0.3 is 0 Å². The second kappa shape index (κ2) is 5.26. The first-order valence-electron chi connectivity index (χ1n) is 3.95. The zero-order valence-corrected chi connectivity index (χ0v) is 9.08. The molecule has 0 aliphatic heterocycles. The number of thiazole rings is 1. The van der Waals surface area contributed by atoms with E-state index in [0.29, 0.717) is 18.2 Å². The molecule has 3 nitrogen and oxygen atoms in total. The lowest BCUT2D eigenvalue weighted by Crippen LogP contribution is -2.16. The summed E-state index contributed by atoms with van der Waals surface area (Å²) in [6.45, 7) is 3.02. The molecule has 2 N–H and O–H groups in total. The van der Waals surface area contributed by atoms with Crippen molar-refractivity contribution in [1.82, 2.24) is 4.98 Å². The predicted molar refractivity (Wildman–Crippen MR) is 58.2 cm³/mol. The lowest BCUT2D eigenvalue weighted by molar-refractivity contribution is 0.176. The first kappa shape index (κ1) is 10.6. The van der Waals surface area contributed by atoms with Gasteiger partial charge in [0.25, 0.3) is 0 Å². The second-order valence-corrected chi connectivity index (χ2v) is 4.09. The molecule has 72 valence electrons. The second-order valence-electron chi connectivity index (χ2n) is 2.63. The Morgan fingerprint density at radius 1 is 1.77 bits per heavy atom. The molecule has 0 saturated carbocycles. The van der Waals surface area contributed by atoms with Gasteiger partial charge in [-0.05, 0) is 6.92 Å². The molecule has 1 aromatic heterocycles. The Hall–Kier alpha value is -0.520. The lowest BCUT2D eigenvalue weighted by atomic mass is 10.3. The van der Waals surface area contributed by atoms with Crippen LogP contribution in [0.2, 0.25) is 0 Å². The van der Waals surface area contributed by atoms with Gasteiger partial charge in [0.2, 0.25) is 0 Å². The van der Waals surface area contributed by atoms with Gasteiger partial charge in [-0.25, -0.2) is 4.98 Å². The topological polar surface area (TPSA) is 48.1 Å². The van der Waals surface area contributed by atoms with Gasteiger partial charge < -0.3 is 10.5 Å². The van der Waals surface area contributed by atoms with E-state index in [2.05, 4.69) is 17.2 Å². The quantitative estimate of drug-likeness (QED) is 0.595. The molecule has 0 aliphatic rings. The molecule has 5 heteroatoms. The molecule has 1 heterocycles. The van der Waals surface area contributed by atoms with E-state index >= 15 is 0 Å². The van der Waals surface area contributed by atoms with E-state index in [9.17, 15) is 0 Å². The van der Waals surface area contributed by atoms with E-state index in [1.807, 2.05) is 12.4 Å². The minimum absolute atomic E-state index is 0.368. The summed E-state index contributed by atoms with van der Waals surface area (Å²) in [6.07, 6.45) is 0.888. The van der Waals surface area contributed by atoms with Crippen LogP contribution in [-0.2, 0) is 11.2 Å². The van der Waals surface area contributed by atoms with Crippen LogP contribution < -0.4 is 5.73 Å². The average Bonchev–Trinajstić information content (AvgIpc) is 2.45. The molecular formula is C8H12N2OS2. The van der Waals surface area contributed by atoms with Gasteiger partial charge in [0.15, 0.2) is 0 Å². The van der Waals surface area contributed by atoms with Crippen LogP contribution >= 0.6 is 23.6 Å². The van der Waals surface area contributed by atoms with E-state index in [0.717, 1.165) is 12.1 Å². The predicted octanol–water partition coefficient (Wildman–Crippen LogP) is 1.30. The Balaban J connectivity index is 2.20. The standard InChI is InChI=1S/C8H12N2OS2/c1-6-7(13-5-10-6)2-3-11-4-8(9)12/h5H,2-4H2,1H3,(H2,9,12). The van der Waals surface area contributed by atoms with Crippen molar-refractivity contribution in [1.29, 1.82) is 0 Å². The number of aryl methyl sites for hydroxylation is 1. The molecule has 1 rings (SSSR count). The summed E-state index contributed by atoms with van der Waals surface area (Å²) in [5.41, 5.74) is 8.21. The van der Waals surface area contributed by atoms with E-state index in [1.54, 1.807) is 11.3 Å². The Bertz CT molecular complexity index is 285. The largest absolute Gasteiger partial charge is 0.391 e. The molecule has 0 bridgehead atoms. The third-order valence-electron chi connectivity index (χ3n) is 1.56. The van der Waals surface area contributed by atoms with Crippen molar-refractivity contribution in [3.8, 4) is 0 Å². The first-order valence-corrected chi connectivity index (χ1v) is 5.24. The van der Waals surface area contributed by atoms with Crippen LogP contribution in [0.25, 0.3) is 0 Å². The molecule has 0 atom stereocenters. The van der Waals surface area contributed by atoms with E-state index < -0.39 is 0 Å². The molecule has 1 aromatic rings. The number of thiocarbonyl (C=S) groups is 1. The Morgan fingerprint density at radius 2 is 2.54 bits per heavy atom. The zero-order valence-electron chi connectivity index (χ0n) is 7.45. The molecule has 0 spiro atoms. The number of rotatable bonds is 5. The van der Waals surface area contributed by atoms with Gasteiger partial charge in [0, 0.05) is 11.3 Å². The van der Waals surface area contributed by atoms with Crippen LogP contribution in [0.1, 0.15) is 10.6 Å². The number of hydrogen-bond donors (Lipinski definition) is 1. The Kier molecular flexibility index (Phi) is 4.27. The van der Waals surface area contributed by atoms with Gasteiger partial charge in [0.1, 0.15) is 0 Å². The highest BCUT2D eigenvalue weighted by Gasteiger charge is 2.00. The summed E-state index contributed by atoms with van der Waals surface area (Å²) in [7, 11) is 0. The number of nitrogens with two attached hydrogens (primary N) is 1. The SMILES string of the molecule is Cc1ncsc1CCOCC(N)=S. The maximum Gasteiger partial charge on any atom is 0.0989 e. The number of aromatic nitrogens is 1. The van der Waals surface area contributed by atoms with Crippen molar-refractivity contribution in [2.75, 3.05) is 13.2 Å². The third kappa shape index (κ3) is 3.80. The molecule has 0 aromatic carbocycles. The lowest BCUT2D eigenvalue weighted by Gasteiger charge is -2.01. The third-order valence-corrected chi connectivity index (χ3v) is 2.68. The van der Waals surface area contributed by atoms with Crippen molar-refractivity contribution in [2.24, 2.45) is 5.73 Å². The van der Waals surface area contributed by atoms with Crippen LogP contribution in [0.4, 0.5) is 0 Å². The molecule has 0 fully saturated rings. The summed E-state index contributed by atoms with van der Waals surface area (Å²) in [5.74, 6) is 0. The van der Waals surface area contributed by atoms with Gasteiger partial charge in [-0.1, -0.05) is 12.2 Å². The summed E-state index contributed by atoms with van der Waals surface area (Å²) in [5, 5.41) is 0. The van der Waals surface area contributed by atoms with Gasteiger partial charge in [-0.15, -0.1) is 11.3 Å². The summed E-state index contributed by atoms with van der Waals surface area (Å²) in [6, 6.07) is 0. The van der Waals surface area contributed by atoms with E-state index in [4.69, 9.17) is 10.5 Å². The van der Waals surface area contributed by atoms with E-state index in [1.165, 1.54) is 4.88 Å². The minimum Gasteiger partial charge on any atom is -0.391 e. The van der Waals surface area contributed by atoms with Crippen LogP contribution in [0.5, 0.6) is 0 Å². The maximum atomic E-state index is 5.28. The number of hydrogen-bond acceptors (Lipinski definition) is 4. The van der Waals surface area contributed by atoms with Gasteiger partial charge in [-0.3, -0.25) is 0 Å². The highest BCUT2D eigenvalue weighted by molar-refractivity contribution is 7.80. The summed E-state index contributed by atoms with van der Waals surface area (Å²) in [4.78, 5) is 5.81. The summed E-state index contributed by atoms with van der Waals surface area (Å²) < 4.78 is 5.24. The highest BCUT2D eigenvalue weighted by Crippen LogP contribution is 2.12. The molecule has 13 heavy (non-hydrogen) atoms. The fourth-order valence-electron chi connectivity index (χ4n) is 0.904. The van der Waals surface area contributed by atoms with Crippen molar-refractivity contribution in [3.63, 3.8) is 0 Å². The Morgan fingerprint density at radius 3 is 3.08 bits per heavy atom. The average molecular weight is 216 g/mol. The van der Waals surface area contributed by atoms with Crippen LogP contribution in [0.15, 0.2) is 5.51 Å². The zero-order chi connectivity index (χ0) is 9.68. The highest BCUT2D eigenvalue weighted by atomic mass is 32.1. The van der Waals surface area contributed by atoms with E-state index in [-0.39, 0.29) is 0 Å². The number of nitrogens with zero attached hydrogens (tertiary/aromatic N) is 1. The number of ether oxygens (including phenoxy) is 1. The smallest absolute Gasteiger partial charge is 0.0989 e. The maximum absolute atomic E-state index is 5.28. The van der Waals surface area contributed by atoms with Crippen LogP contribution in [-0.4, -0.2) is 23.2 Å². The minimum atomic E-state index is 0.368. The molecule has 0 radical (unpaired) electrons. The summed E-state index contributed by atoms with van der Waals surface area (Å²) >= 11 is 6.33. The van der Waals surface area contributed by atoms with Gasteiger partial charge in [0.05, 0.1) is 29.4 Å². The molecule has 0 unspecified atom stereocenters. The van der Waals surface area contributed by atoms with Crippen molar-refractivity contribution in [3.05, 3.63) is 16.1 Å². The van der Waals surface area contributed by atoms with Crippen molar-refractivity contribution >= 4 is 28.5 Å². The van der Waals surface area contributed by atoms with Crippen LogP contribution in [0.3, 0.4) is 0 Å². The van der Waals surface area contributed by atoms with Crippen LogP contribution in [0, 0.1) is 6.92 Å². The van der Waals surface area contributed by atoms with Gasteiger partial charge in [-0.2, -0.15) is 0 Å². The monoisotopic (exact) mass is 216 g/mol. The van der Waals surface area contributed by atoms with Crippen molar-refractivity contribution in [2.45, 2.75) is 13.3 Å².